The molecule has 0 fully saturated rings. The number of pyridine rings is 1. The van der Waals surface area contributed by atoms with Gasteiger partial charge in [-0.2, -0.15) is 0 Å². The zero-order valence-corrected chi connectivity index (χ0v) is 10.4. The maximum atomic E-state index is 11.9. The molecule has 1 aliphatic rings. The standard InChI is InChI=1S/C16H13NO2/c18-15(14-3-1-2-9-17-14)6-4-12-5-7-16-13(11-12)8-10-19-16/h1-7,9,11H,8,10H2/b6-4-. The average molecular weight is 251 g/mol. The number of carbonyl (C=O) groups is 1. The maximum absolute atomic E-state index is 11.9. The van der Waals surface area contributed by atoms with Crippen molar-refractivity contribution in [3.8, 4) is 5.75 Å². The number of fused-ring (bicyclic) bond motifs is 1. The van der Waals surface area contributed by atoms with Crippen molar-refractivity contribution in [2.45, 2.75) is 6.42 Å². The summed E-state index contributed by atoms with van der Waals surface area (Å²) in [4.78, 5) is 15.9. The van der Waals surface area contributed by atoms with Gasteiger partial charge in [-0.05, 0) is 41.5 Å². The number of rotatable bonds is 3. The van der Waals surface area contributed by atoms with Gasteiger partial charge < -0.3 is 4.74 Å². The second kappa shape index (κ2) is 5.06. The number of ether oxygens (including phenoxy) is 1. The van der Waals surface area contributed by atoms with Crippen molar-refractivity contribution in [1.82, 2.24) is 4.98 Å². The van der Waals surface area contributed by atoms with Gasteiger partial charge in [-0.3, -0.25) is 9.78 Å². The lowest BCUT2D eigenvalue weighted by Gasteiger charge is -1.99. The van der Waals surface area contributed by atoms with E-state index in [1.807, 2.05) is 18.2 Å². The highest BCUT2D eigenvalue weighted by atomic mass is 16.5. The Labute approximate surface area is 111 Å². The molecule has 1 aromatic carbocycles. The molecule has 3 heteroatoms. The van der Waals surface area contributed by atoms with Crippen LogP contribution in [0.15, 0.2) is 48.7 Å². The minimum atomic E-state index is -0.0858. The van der Waals surface area contributed by atoms with Gasteiger partial charge in [0, 0.05) is 12.6 Å². The van der Waals surface area contributed by atoms with E-state index in [2.05, 4.69) is 11.1 Å². The van der Waals surface area contributed by atoms with Crippen molar-refractivity contribution in [3.63, 3.8) is 0 Å². The van der Waals surface area contributed by atoms with Crippen LogP contribution in [0.25, 0.3) is 6.08 Å². The van der Waals surface area contributed by atoms with Gasteiger partial charge in [0.25, 0.3) is 0 Å². The molecule has 2 heterocycles. The number of nitrogens with zero attached hydrogens (tertiary/aromatic N) is 1. The summed E-state index contributed by atoms with van der Waals surface area (Å²) in [5, 5.41) is 0. The lowest BCUT2D eigenvalue weighted by molar-refractivity contribution is 0.104. The summed E-state index contributed by atoms with van der Waals surface area (Å²) in [6.07, 6.45) is 5.93. The number of hydrogen-bond acceptors (Lipinski definition) is 3. The van der Waals surface area contributed by atoms with Gasteiger partial charge in [0.15, 0.2) is 0 Å². The first-order valence-electron chi connectivity index (χ1n) is 6.22. The third-order valence-corrected chi connectivity index (χ3v) is 3.06. The zero-order chi connectivity index (χ0) is 13.1. The van der Waals surface area contributed by atoms with Crippen molar-refractivity contribution >= 4 is 11.9 Å². The molecule has 3 nitrogen and oxygen atoms in total. The monoisotopic (exact) mass is 251 g/mol. The first-order valence-corrected chi connectivity index (χ1v) is 6.22. The van der Waals surface area contributed by atoms with E-state index in [0.717, 1.165) is 24.3 Å². The summed E-state index contributed by atoms with van der Waals surface area (Å²) >= 11 is 0. The number of ketones is 1. The highest BCUT2D eigenvalue weighted by molar-refractivity contribution is 6.05. The van der Waals surface area contributed by atoms with Gasteiger partial charge in [-0.25, -0.2) is 0 Å². The average Bonchev–Trinajstić information content (AvgIpc) is 2.93. The Kier molecular flexibility index (Phi) is 3.11. The summed E-state index contributed by atoms with van der Waals surface area (Å²) in [7, 11) is 0. The highest BCUT2D eigenvalue weighted by Gasteiger charge is 2.11. The molecule has 0 N–H and O–H groups in total. The van der Waals surface area contributed by atoms with Crippen molar-refractivity contribution in [1.29, 1.82) is 0 Å². The van der Waals surface area contributed by atoms with E-state index in [1.165, 1.54) is 5.56 Å². The van der Waals surface area contributed by atoms with E-state index in [-0.39, 0.29) is 5.78 Å². The second-order valence-electron chi connectivity index (χ2n) is 4.38. The largest absolute Gasteiger partial charge is 0.493 e. The van der Waals surface area contributed by atoms with E-state index in [4.69, 9.17) is 4.74 Å². The molecule has 19 heavy (non-hydrogen) atoms. The minimum absolute atomic E-state index is 0.0858. The third-order valence-electron chi connectivity index (χ3n) is 3.06. The normalized spacial score (nSPS) is 13.3. The molecule has 0 saturated heterocycles. The summed E-state index contributed by atoms with van der Waals surface area (Å²) < 4.78 is 5.45. The van der Waals surface area contributed by atoms with Gasteiger partial charge in [0.1, 0.15) is 11.4 Å². The Morgan fingerprint density at radius 1 is 1.26 bits per heavy atom. The molecule has 0 radical (unpaired) electrons. The third kappa shape index (κ3) is 2.55. The molecule has 94 valence electrons. The van der Waals surface area contributed by atoms with Crippen molar-refractivity contribution in [2.24, 2.45) is 0 Å². The van der Waals surface area contributed by atoms with Gasteiger partial charge in [-0.15, -0.1) is 0 Å². The molecule has 2 aromatic rings. The fourth-order valence-electron chi connectivity index (χ4n) is 2.08. The van der Waals surface area contributed by atoms with Crippen LogP contribution in [0.3, 0.4) is 0 Å². The number of carbonyl (C=O) groups excluding carboxylic acids is 1. The van der Waals surface area contributed by atoms with Crippen molar-refractivity contribution in [2.75, 3.05) is 6.61 Å². The van der Waals surface area contributed by atoms with Gasteiger partial charge in [0.2, 0.25) is 5.78 Å². The molecule has 0 bridgehead atoms. The summed E-state index contributed by atoms with van der Waals surface area (Å²) in [5.74, 6) is 0.866. The van der Waals surface area contributed by atoms with Crippen LogP contribution < -0.4 is 4.74 Å². The smallest absolute Gasteiger partial charge is 0.204 e. The Hall–Kier alpha value is -2.42. The number of allylic oxidation sites excluding steroid dienone is 1. The maximum Gasteiger partial charge on any atom is 0.204 e. The highest BCUT2D eigenvalue weighted by Crippen LogP contribution is 2.26. The lowest BCUT2D eigenvalue weighted by Crippen LogP contribution is -1.96. The van der Waals surface area contributed by atoms with Gasteiger partial charge in [-0.1, -0.05) is 18.2 Å². The molecule has 0 unspecified atom stereocenters. The molecule has 0 spiro atoms. The van der Waals surface area contributed by atoms with Crippen LogP contribution in [0.4, 0.5) is 0 Å². The van der Waals surface area contributed by atoms with Crippen molar-refractivity contribution in [3.05, 3.63) is 65.5 Å². The lowest BCUT2D eigenvalue weighted by atomic mass is 10.1. The molecule has 0 amide bonds. The summed E-state index contributed by atoms with van der Waals surface area (Å²) in [6.45, 7) is 0.745. The fraction of sp³-hybridized carbons (Fsp3) is 0.125. The van der Waals surface area contributed by atoms with Crippen LogP contribution in [-0.4, -0.2) is 17.4 Å². The van der Waals surface area contributed by atoms with E-state index in [0.29, 0.717) is 5.69 Å². The van der Waals surface area contributed by atoms with E-state index in [9.17, 15) is 4.79 Å². The predicted molar refractivity (Wildman–Crippen MR) is 73.2 cm³/mol. The second-order valence-corrected chi connectivity index (χ2v) is 4.38. The van der Waals surface area contributed by atoms with Crippen LogP contribution >= 0.6 is 0 Å². The van der Waals surface area contributed by atoms with E-state index < -0.39 is 0 Å². The molecule has 1 aliphatic heterocycles. The van der Waals surface area contributed by atoms with Gasteiger partial charge in [0.05, 0.1) is 6.61 Å². The Bertz CT molecular complexity index is 632. The Balaban J connectivity index is 1.78. The fourth-order valence-corrected chi connectivity index (χ4v) is 2.08. The quantitative estimate of drug-likeness (QED) is 0.622. The van der Waals surface area contributed by atoms with Crippen LogP contribution in [0.1, 0.15) is 21.6 Å². The van der Waals surface area contributed by atoms with E-state index in [1.54, 1.807) is 30.5 Å². The van der Waals surface area contributed by atoms with Crippen LogP contribution in [-0.2, 0) is 6.42 Å². The van der Waals surface area contributed by atoms with Crippen molar-refractivity contribution < 1.29 is 9.53 Å². The predicted octanol–water partition coefficient (Wildman–Crippen LogP) is 2.91. The number of hydrogen-bond donors (Lipinski definition) is 0. The van der Waals surface area contributed by atoms with Crippen LogP contribution in [0.2, 0.25) is 0 Å². The molecule has 3 rings (SSSR count). The minimum Gasteiger partial charge on any atom is -0.493 e. The summed E-state index contributed by atoms with van der Waals surface area (Å²) in [6, 6.07) is 11.3. The Morgan fingerprint density at radius 3 is 3.05 bits per heavy atom. The molecule has 0 saturated carbocycles. The first kappa shape index (κ1) is 11.7. The molecule has 1 aromatic heterocycles. The SMILES string of the molecule is O=C(/C=C\c1ccc2c(c1)CCO2)c1ccccn1. The molecular formula is C16H13NO2. The Morgan fingerprint density at radius 2 is 2.21 bits per heavy atom. The molecule has 0 atom stereocenters. The summed E-state index contributed by atoms with van der Waals surface area (Å²) in [5.41, 5.74) is 2.67. The van der Waals surface area contributed by atoms with E-state index >= 15 is 0 Å². The first-order chi connectivity index (χ1) is 9.33. The zero-order valence-electron chi connectivity index (χ0n) is 10.4. The number of benzene rings is 1. The van der Waals surface area contributed by atoms with Crippen LogP contribution in [0.5, 0.6) is 5.75 Å². The molecule has 0 aliphatic carbocycles. The number of aromatic nitrogens is 1. The van der Waals surface area contributed by atoms with Gasteiger partial charge >= 0.3 is 0 Å². The van der Waals surface area contributed by atoms with Crippen LogP contribution in [0, 0.1) is 0 Å². The molecular weight excluding hydrogens is 238 g/mol. The topological polar surface area (TPSA) is 39.2 Å².